The van der Waals surface area contributed by atoms with Gasteiger partial charge in [0.25, 0.3) is 0 Å². The fraction of sp³-hybridized carbons (Fsp3) is 0.296. The molecule has 0 spiro atoms. The molecule has 0 radical (unpaired) electrons. The maximum Gasteiger partial charge on any atom is 0.240 e. The highest BCUT2D eigenvalue weighted by Crippen LogP contribution is 2.25. The van der Waals surface area contributed by atoms with Crippen LogP contribution in [0.4, 0.5) is 0 Å². The van der Waals surface area contributed by atoms with Crippen LogP contribution in [0.5, 0.6) is 11.5 Å². The molecule has 4 rings (SSSR count). The Morgan fingerprint density at radius 1 is 1.00 bits per heavy atom. The fourth-order valence-electron chi connectivity index (χ4n) is 3.63. The predicted molar refractivity (Wildman–Crippen MR) is 136 cm³/mol. The molecule has 0 aliphatic heterocycles. The Balaban J connectivity index is 1.57. The van der Waals surface area contributed by atoms with E-state index >= 15 is 0 Å². The molecule has 9 heteroatoms. The first-order chi connectivity index (χ1) is 17.4. The molecule has 0 aliphatic rings. The maximum absolute atomic E-state index is 12.7. The average molecular weight is 490 g/mol. The minimum atomic E-state index is -1.07. The molecule has 0 unspecified atom stereocenters. The summed E-state index contributed by atoms with van der Waals surface area (Å²) >= 11 is 0. The summed E-state index contributed by atoms with van der Waals surface area (Å²) in [5.41, 5.74) is 7.42. The van der Waals surface area contributed by atoms with Gasteiger partial charge in [0.2, 0.25) is 11.6 Å². The van der Waals surface area contributed by atoms with Crippen LogP contribution in [0.15, 0.2) is 72.9 Å². The van der Waals surface area contributed by atoms with Crippen molar-refractivity contribution in [1.82, 2.24) is 19.9 Å². The number of ether oxygens (including phenoxy) is 3. The number of amides is 1. The zero-order valence-electron chi connectivity index (χ0n) is 20.7. The molecular weight excluding hydrogens is 458 g/mol. The molecule has 0 fully saturated rings. The van der Waals surface area contributed by atoms with Crippen molar-refractivity contribution in [3.05, 3.63) is 89.9 Å². The van der Waals surface area contributed by atoms with Crippen LogP contribution >= 0.6 is 0 Å². The topological polar surface area (TPSA) is 113 Å². The number of rotatable bonds is 11. The number of carbonyl (C=O) groups is 1. The molecule has 0 bridgehead atoms. The first-order valence-electron chi connectivity index (χ1n) is 11.7. The first kappa shape index (κ1) is 25.2. The highest BCUT2D eigenvalue weighted by Gasteiger charge is 2.28. The summed E-state index contributed by atoms with van der Waals surface area (Å²) in [6.45, 7) is 4.17. The van der Waals surface area contributed by atoms with Gasteiger partial charge in [0.15, 0.2) is 11.6 Å². The number of nitrogens with zero attached hydrogens (tertiary/aromatic N) is 3. The van der Waals surface area contributed by atoms with Crippen LogP contribution in [0.25, 0.3) is 5.65 Å². The Bertz CT molecular complexity index is 1300. The summed E-state index contributed by atoms with van der Waals surface area (Å²) in [5.74, 6) is 1.49. The molecule has 2 aromatic heterocycles. The standard InChI is InChI=1S/C27H31N5O4/c1-27(2,28)26(33)29-21(18-35-16-19-10-5-4-6-11-19)24-30-31-25-23(14-9-15-32(24)25)36-17-20-12-7-8-13-22(20)34-3/h4-15,21H,16-18,28H2,1-3H3,(H,29,33)/t21-/m1/s1. The summed E-state index contributed by atoms with van der Waals surface area (Å²) in [7, 11) is 1.63. The third kappa shape index (κ3) is 5.99. The van der Waals surface area contributed by atoms with E-state index in [1.165, 1.54) is 0 Å². The SMILES string of the molecule is COc1ccccc1COc1cccn2c([C@@H](COCc3ccccc3)NC(=O)C(C)(C)N)nnc12. The molecule has 4 aromatic rings. The van der Waals surface area contributed by atoms with Crippen LogP contribution in [0.1, 0.15) is 36.8 Å². The molecule has 2 heterocycles. The molecule has 1 atom stereocenters. The maximum atomic E-state index is 12.7. The van der Waals surface area contributed by atoms with E-state index in [1.54, 1.807) is 25.4 Å². The van der Waals surface area contributed by atoms with Crippen molar-refractivity contribution < 1.29 is 19.0 Å². The summed E-state index contributed by atoms with van der Waals surface area (Å²) in [5, 5.41) is 11.7. The van der Waals surface area contributed by atoms with Gasteiger partial charge in [0.1, 0.15) is 18.4 Å². The summed E-state index contributed by atoms with van der Waals surface area (Å²) in [6, 6.07) is 20.6. The van der Waals surface area contributed by atoms with E-state index in [-0.39, 0.29) is 12.5 Å². The molecule has 1 amide bonds. The van der Waals surface area contributed by atoms with Crippen molar-refractivity contribution in [3.8, 4) is 11.5 Å². The van der Waals surface area contributed by atoms with E-state index in [9.17, 15) is 4.79 Å². The molecule has 188 valence electrons. The van der Waals surface area contributed by atoms with Crippen LogP contribution in [-0.2, 0) is 22.7 Å². The lowest BCUT2D eigenvalue weighted by Gasteiger charge is -2.23. The highest BCUT2D eigenvalue weighted by atomic mass is 16.5. The smallest absolute Gasteiger partial charge is 0.240 e. The fourth-order valence-corrected chi connectivity index (χ4v) is 3.63. The zero-order valence-corrected chi connectivity index (χ0v) is 20.7. The Morgan fingerprint density at radius 2 is 1.72 bits per heavy atom. The van der Waals surface area contributed by atoms with Gasteiger partial charge in [-0.1, -0.05) is 48.5 Å². The Labute approximate surface area is 210 Å². The second-order valence-corrected chi connectivity index (χ2v) is 8.97. The monoisotopic (exact) mass is 489 g/mol. The number of benzene rings is 2. The molecule has 0 saturated heterocycles. The first-order valence-corrected chi connectivity index (χ1v) is 11.7. The van der Waals surface area contributed by atoms with Gasteiger partial charge in [-0.05, 0) is 37.6 Å². The van der Waals surface area contributed by atoms with E-state index in [1.807, 2.05) is 72.9 Å². The van der Waals surface area contributed by atoms with Gasteiger partial charge in [-0.2, -0.15) is 0 Å². The van der Waals surface area contributed by atoms with Crippen LogP contribution < -0.4 is 20.5 Å². The van der Waals surface area contributed by atoms with Crippen molar-refractivity contribution in [3.63, 3.8) is 0 Å². The quantitative estimate of drug-likeness (QED) is 0.332. The van der Waals surface area contributed by atoms with Gasteiger partial charge in [-0.3, -0.25) is 9.20 Å². The van der Waals surface area contributed by atoms with Crippen molar-refractivity contribution in [1.29, 1.82) is 0 Å². The molecule has 9 nitrogen and oxygen atoms in total. The van der Waals surface area contributed by atoms with Crippen molar-refractivity contribution in [2.75, 3.05) is 13.7 Å². The molecule has 0 saturated carbocycles. The van der Waals surface area contributed by atoms with Crippen LogP contribution in [0.3, 0.4) is 0 Å². The number of para-hydroxylation sites is 1. The second kappa shape index (κ2) is 11.2. The van der Waals surface area contributed by atoms with Crippen molar-refractivity contribution >= 4 is 11.6 Å². The summed E-state index contributed by atoms with van der Waals surface area (Å²) < 4.78 is 19.2. The largest absolute Gasteiger partial charge is 0.496 e. The number of methoxy groups -OCH3 is 1. The number of hydrogen-bond acceptors (Lipinski definition) is 7. The van der Waals surface area contributed by atoms with Crippen LogP contribution in [0.2, 0.25) is 0 Å². The van der Waals surface area contributed by atoms with Crippen LogP contribution in [0, 0.1) is 0 Å². The third-order valence-corrected chi connectivity index (χ3v) is 5.60. The number of carbonyl (C=O) groups excluding carboxylic acids is 1. The lowest BCUT2D eigenvalue weighted by molar-refractivity contribution is -0.126. The molecule has 3 N–H and O–H groups in total. The second-order valence-electron chi connectivity index (χ2n) is 8.97. The lowest BCUT2D eigenvalue weighted by Crippen LogP contribution is -2.50. The van der Waals surface area contributed by atoms with E-state index < -0.39 is 11.6 Å². The van der Waals surface area contributed by atoms with E-state index in [4.69, 9.17) is 19.9 Å². The van der Waals surface area contributed by atoms with E-state index in [0.29, 0.717) is 30.4 Å². The molecular formula is C27H31N5O4. The predicted octanol–water partition coefficient (Wildman–Crippen LogP) is 3.43. The number of aromatic nitrogens is 3. The molecule has 36 heavy (non-hydrogen) atoms. The highest BCUT2D eigenvalue weighted by molar-refractivity contribution is 5.85. The summed E-state index contributed by atoms with van der Waals surface area (Å²) in [4.78, 5) is 12.7. The minimum absolute atomic E-state index is 0.184. The lowest BCUT2D eigenvalue weighted by atomic mass is 10.1. The van der Waals surface area contributed by atoms with Crippen LogP contribution in [-0.4, -0.2) is 39.8 Å². The van der Waals surface area contributed by atoms with Crippen molar-refractivity contribution in [2.45, 2.75) is 38.6 Å². The average Bonchev–Trinajstić information content (AvgIpc) is 3.32. The number of nitrogens with two attached hydrogens (primary N) is 1. The Hall–Kier alpha value is -3.95. The van der Waals surface area contributed by atoms with Gasteiger partial charge in [0.05, 0.1) is 25.9 Å². The van der Waals surface area contributed by atoms with Gasteiger partial charge in [-0.25, -0.2) is 0 Å². The molecule has 0 aliphatic carbocycles. The van der Waals surface area contributed by atoms with Crippen molar-refractivity contribution in [2.24, 2.45) is 5.73 Å². The number of fused-ring (bicyclic) bond motifs is 1. The van der Waals surface area contributed by atoms with Gasteiger partial charge >= 0.3 is 0 Å². The molecule has 2 aromatic carbocycles. The van der Waals surface area contributed by atoms with Gasteiger partial charge in [-0.15, -0.1) is 10.2 Å². The van der Waals surface area contributed by atoms with E-state index in [0.717, 1.165) is 16.9 Å². The number of hydrogen-bond donors (Lipinski definition) is 2. The zero-order chi connectivity index (χ0) is 25.5. The Morgan fingerprint density at radius 3 is 2.47 bits per heavy atom. The summed E-state index contributed by atoms with van der Waals surface area (Å²) in [6.07, 6.45) is 1.82. The van der Waals surface area contributed by atoms with Gasteiger partial charge in [0, 0.05) is 11.8 Å². The number of pyridine rings is 1. The third-order valence-electron chi connectivity index (χ3n) is 5.60. The van der Waals surface area contributed by atoms with E-state index in [2.05, 4.69) is 15.5 Å². The number of nitrogens with one attached hydrogen (secondary N) is 1. The van der Waals surface area contributed by atoms with Gasteiger partial charge < -0.3 is 25.3 Å². The Kier molecular flexibility index (Phi) is 7.82. The minimum Gasteiger partial charge on any atom is -0.496 e. The normalized spacial score (nSPS) is 12.3.